The predicted molar refractivity (Wildman–Crippen MR) is 121 cm³/mol. The van der Waals surface area contributed by atoms with Crippen LogP contribution >= 0.6 is 23.4 Å². The lowest BCUT2D eigenvalue weighted by molar-refractivity contribution is -0.137. The van der Waals surface area contributed by atoms with Crippen LogP contribution in [0.2, 0.25) is 5.02 Å². The number of pyridine rings is 1. The number of urea groups is 1. The summed E-state index contributed by atoms with van der Waals surface area (Å²) in [5, 5.41) is 5.11. The van der Waals surface area contributed by atoms with Gasteiger partial charge in [-0.3, -0.25) is 10.1 Å². The molecule has 1 heterocycles. The quantitative estimate of drug-likeness (QED) is 0.429. The summed E-state index contributed by atoms with van der Waals surface area (Å²) in [4.78, 5) is 29.1. The van der Waals surface area contributed by atoms with Crippen LogP contribution in [0.25, 0.3) is 0 Å². The Balaban J connectivity index is 1.67. The first-order valence-electron chi connectivity index (χ1n) is 9.46. The van der Waals surface area contributed by atoms with Crippen molar-refractivity contribution in [3.05, 3.63) is 70.9 Å². The van der Waals surface area contributed by atoms with E-state index in [9.17, 15) is 22.8 Å². The third-order valence-electron chi connectivity index (χ3n) is 4.35. The summed E-state index contributed by atoms with van der Waals surface area (Å²) in [6, 6.07) is 9.86. The molecule has 0 aliphatic heterocycles. The minimum atomic E-state index is -4.50. The minimum Gasteiger partial charge on any atom is -0.496 e. The highest BCUT2D eigenvalue weighted by Crippen LogP contribution is 2.38. The van der Waals surface area contributed by atoms with Crippen molar-refractivity contribution in [2.24, 2.45) is 0 Å². The van der Waals surface area contributed by atoms with Crippen molar-refractivity contribution in [3.8, 4) is 11.5 Å². The fourth-order valence-electron chi connectivity index (χ4n) is 2.79. The molecule has 0 atom stereocenters. The first kappa shape index (κ1) is 25.2. The van der Waals surface area contributed by atoms with Crippen LogP contribution in [0.1, 0.15) is 15.9 Å². The molecule has 3 rings (SSSR count). The number of hydrogen-bond donors (Lipinski definition) is 2. The van der Waals surface area contributed by atoms with Gasteiger partial charge in [-0.25, -0.2) is 9.78 Å². The van der Waals surface area contributed by atoms with Gasteiger partial charge in [0.1, 0.15) is 22.1 Å². The number of methoxy groups -OCH3 is 2. The third-order valence-corrected chi connectivity index (χ3v) is 5.80. The van der Waals surface area contributed by atoms with Crippen LogP contribution in [0.4, 0.5) is 23.7 Å². The van der Waals surface area contributed by atoms with Crippen LogP contribution in [-0.2, 0) is 6.18 Å². The maximum Gasteiger partial charge on any atom is 0.416 e. The van der Waals surface area contributed by atoms with Crippen LogP contribution in [-0.4, -0.2) is 31.1 Å². The molecule has 12 heteroatoms. The highest BCUT2D eigenvalue weighted by Gasteiger charge is 2.31. The summed E-state index contributed by atoms with van der Waals surface area (Å²) >= 11 is 6.94. The molecule has 0 radical (unpaired) electrons. The van der Waals surface area contributed by atoms with E-state index in [-0.39, 0.29) is 32.7 Å². The second kappa shape index (κ2) is 10.7. The number of halogens is 4. The number of nitrogens with one attached hydrogen (secondary N) is 2. The fraction of sp³-hybridized carbons (Fsp3) is 0.136. The standard InChI is InChI=1S/C22H17ClF3N3O4S/c1-32-15-4-3-5-16(33-2)19(15)20(30)29-21(31)28-13-7-9-18(27-11-13)34-17-10-12(22(24,25)26)6-8-14(17)23/h3-11H,1-2H3,(H2,28,29,30,31). The maximum absolute atomic E-state index is 12.9. The van der Waals surface area contributed by atoms with Crippen molar-refractivity contribution in [2.45, 2.75) is 16.1 Å². The topological polar surface area (TPSA) is 89.5 Å². The number of benzene rings is 2. The lowest BCUT2D eigenvalue weighted by Crippen LogP contribution is -2.34. The summed E-state index contributed by atoms with van der Waals surface area (Å²) in [7, 11) is 2.76. The van der Waals surface area contributed by atoms with Gasteiger partial charge in [0.2, 0.25) is 0 Å². The lowest BCUT2D eigenvalue weighted by atomic mass is 10.1. The Morgan fingerprint density at radius 1 is 1.03 bits per heavy atom. The van der Waals surface area contributed by atoms with Gasteiger partial charge in [-0.1, -0.05) is 29.4 Å². The molecule has 2 N–H and O–H groups in total. The molecule has 0 bridgehead atoms. The van der Waals surface area contributed by atoms with E-state index < -0.39 is 23.7 Å². The normalized spacial score (nSPS) is 11.0. The van der Waals surface area contributed by atoms with Gasteiger partial charge in [-0.05, 0) is 42.5 Å². The van der Waals surface area contributed by atoms with Gasteiger partial charge in [0.15, 0.2) is 0 Å². The number of carbonyl (C=O) groups excluding carboxylic acids is 2. The molecule has 0 aliphatic rings. The average molecular weight is 512 g/mol. The average Bonchev–Trinajstić information content (AvgIpc) is 2.80. The number of ether oxygens (including phenoxy) is 2. The zero-order valence-electron chi connectivity index (χ0n) is 17.7. The molecule has 2 aromatic carbocycles. The van der Waals surface area contributed by atoms with Crippen molar-refractivity contribution >= 4 is 41.0 Å². The summed E-state index contributed by atoms with van der Waals surface area (Å²) in [6.45, 7) is 0. The monoisotopic (exact) mass is 511 g/mol. The smallest absolute Gasteiger partial charge is 0.416 e. The Bertz CT molecular complexity index is 1180. The molecule has 0 fully saturated rings. The zero-order valence-corrected chi connectivity index (χ0v) is 19.3. The highest BCUT2D eigenvalue weighted by atomic mass is 35.5. The summed E-state index contributed by atoms with van der Waals surface area (Å²) in [6.07, 6.45) is -3.21. The molecular weight excluding hydrogens is 495 g/mol. The Kier molecular flexibility index (Phi) is 7.90. The fourth-order valence-corrected chi connectivity index (χ4v) is 3.84. The lowest BCUT2D eigenvalue weighted by Gasteiger charge is -2.13. The van der Waals surface area contributed by atoms with Crippen LogP contribution in [0, 0.1) is 0 Å². The van der Waals surface area contributed by atoms with Crippen molar-refractivity contribution < 1.29 is 32.2 Å². The number of rotatable bonds is 6. The van der Waals surface area contributed by atoms with E-state index in [1.807, 2.05) is 0 Å². The molecule has 0 saturated heterocycles. The van der Waals surface area contributed by atoms with Gasteiger partial charge in [0.05, 0.1) is 36.7 Å². The molecule has 34 heavy (non-hydrogen) atoms. The van der Waals surface area contributed by atoms with E-state index in [0.717, 1.165) is 23.9 Å². The number of amides is 3. The second-order valence-corrected chi connectivity index (χ2v) is 8.05. The number of carbonyl (C=O) groups is 2. The predicted octanol–water partition coefficient (Wildman–Crippen LogP) is 5.88. The van der Waals surface area contributed by atoms with Gasteiger partial charge < -0.3 is 14.8 Å². The number of imide groups is 1. The number of nitrogens with zero attached hydrogens (tertiary/aromatic N) is 1. The minimum absolute atomic E-state index is 0.0467. The van der Waals surface area contributed by atoms with Crippen molar-refractivity contribution in [3.63, 3.8) is 0 Å². The van der Waals surface area contributed by atoms with E-state index in [1.54, 1.807) is 18.2 Å². The van der Waals surface area contributed by atoms with Gasteiger partial charge in [0, 0.05) is 4.90 Å². The van der Waals surface area contributed by atoms with Gasteiger partial charge in [-0.15, -0.1) is 0 Å². The molecule has 0 aliphatic carbocycles. The molecule has 0 saturated carbocycles. The first-order valence-corrected chi connectivity index (χ1v) is 10.7. The number of alkyl halides is 3. The van der Waals surface area contributed by atoms with Gasteiger partial charge in [-0.2, -0.15) is 13.2 Å². The van der Waals surface area contributed by atoms with Crippen LogP contribution in [0.3, 0.4) is 0 Å². The SMILES string of the molecule is COc1cccc(OC)c1C(=O)NC(=O)Nc1ccc(Sc2cc(C(F)(F)F)ccc2Cl)nc1. The molecule has 0 spiro atoms. The van der Waals surface area contributed by atoms with Gasteiger partial charge >= 0.3 is 12.2 Å². The van der Waals surface area contributed by atoms with Crippen LogP contribution in [0.15, 0.2) is 64.6 Å². The first-order chi connectivity index (χ1) is 16.1. The largest absolute Gasteiger partial charge is 0.496 e. The molecule has 1 aromatic heterocycles. The summed E-state index contributed by atoms with van der Waals surface area (Å²) in [5.41, 5.74) is -0.534. The third kappa shape index (κ3) is 6.12. The van der Waals surface area contributed by atoms with Crippen LogP contribution in [0.5, 0.6) is 11.5 Å². The zero-order chi connectivity index (χ0) is 24.9. The van der Waals surface area contributed by atoms with Crippen molar-refractivity contribution in [2.75, 3.05) is 19.5 Å². The van der Waals surface area contributed by atoms with Crippen LogP contribution < -0.4 is 20.1 Å². The highest BCUT2D eigenvalue weighted by molar-refractivity contribution is 7.99. The summed E-state index contributed by atoms with van der Waals surface area (Å²) < 4.78 is 49.1. The molecule has 178 valence electrons. The van der Waals surface area contributed by atoms with Crippen molar-refractivity contribution in [1.29, 1.82) is 0 Å². The van der Waals surface area contributed by atoms with E-state index >= 15 is 0 Å². The second-order valence-electron chi connectivity index (χ2n) is 6.58. The molecule has 7 nitrogen and oxygen atoms in total. The summed E-state index contributed by atoms with van der Waals surface area (Å²) in [5.74, 6) is -0.298. The van der Waals surface area contributed by atoms with E-state index in [0.29, 0.717) is 5.03 Å². The Hall–Kier alpha value is -3.44. The van der Waals surface area contributed by atoms with Gasteiger partial charge in [0.25, 0.3) is 5.91 Å². The van der Waals surface area contributed by atoms with E-state index in [4.69, 9.17) is 21.1 Å². The number of hydrogen-bond acceptors (Lipinski definition) is 6. The Morgan fingerprint density at radius 2 is 1.71 bits per heavy atom. The number of anilines is 1. The van der Waals surface area contributed by atoms with Crippen molar-refractivity contribution in [1.82, 2.24) is 10.3 Å². The number of aromatic nitrogens is 1. The molecule has 3 aromatic rings. The van der Waals surface area contributed by atoms with E-state index in [2.05, 4.69) is 15.6 Å². The molecule has 0 unspecified atom stereocenters. The Labute approximate surface area is 201 Å². The molecule has 3 amide bonds. The van der Waals surface area contributed by atoms with E-state index in [1.165, 1.54) is 38.6 Å². The Morgan fingerprint density at radius 3 is 2.26 bits per heavy atom. The molecular formula is C22H17ClF3N3O4S. The maximum atomic E-state index is 12.9.